The van der Waals surface area contributed by atoms with Crippen LogP contribution in [0.15, 0.2) is 48.5 Å². The molecule has 2 N–H and O–H groups in total. The van der Waals surface area contributed by atoms with Crippen molar-refractivity contribution in [3.63, 3.8) is 0 Å². The lowest BCUT2D eigenvalue weighted by Crippen LogP contribution is -2.33. The van der Waals surface area contributed by atoms with Gasteiger partial charge in [-0.25, -0.2) is 9.18 Å². The minimum Gasteiger partial charge on any atom is -0.375 e. The Hall–Kier alpha value is -2.40. The Bertz CT molecular complexity index is 646. The molecule has 2 amide bonds. The Morgan fingerprint density at radius 1 is 1.23 bits per heavy atom. The molecule has 5 heteroatoms. The molecular formula is C17H19FN2O2. The van der Waals surface area contributed by atoms with E-state index in [1.165, 1.54) is 19.2 Å². The second-order valence-corrected chi connectivity index (χ2v) is 4.98. The lowest BCUT2D eigenvalue weighted by molar-refractivity contribution is 0.104. The van der Waals surface area contributed by atoms with E-state index < -0.39 is 6.10 Å². The molecule has 22 heavy (non-hydrogen) atoms. The van der Waals surface area contributed by atoms with Crippen molar-refractivity contribution in [1.82, 2.24) is 5.32 Å². The van der Waals surface area contributed by atoms with Crippen molar-refractivity contribution in [2.75, 3.05) is 19.0 Å². The number of nitrogens with one attached hydrogen (secondary N) is 2. The number of amides is 2. The summed E-state index contributed by atoms with van der Waals surface area (Å²) in [5.41, 5.74) is 2.46. The monoisotopic (exact) mass is 302 g/mol. The smallest absolute Gasteiger partial charge is 0.319 e. The normalized spacial score (nSPS) is 11.8. The molecule has 0 bridgehead atoms. The summed E-state index contributed by atoms with van der Waals surface area (Å²) >= 11 is 0. The Kier molecular flexibility index (Phi) is 5.49. The van der Waals surface area contributed by atoms with Crippen LogP contribution in [-0.2, 0) is 4.74 Å². The first kappa shape index (κ1) is 16.0. The van der Waals surface area contributed by atoms with Gasteiger partial charge >= 0.3 is 6.03 Å². The van der Waals surface area contributed by atoms with E-state index in [4.69, 9.17) is 4.74 Å². The number of ether oxygens (including phenoxy) is 1. The number of aryl methyl sites for hydroxylation is 1. The van der Waals surface area contributed by atoms with Crippen molar-refractivity contribution in [1.29, 1.82) is 0 Å². The Morgan fingerprint density at radius 2 is 2.00 bits per heavy atom. The van der Waals surface area contributed by atoms with Gasteiger partial charge in [-0.2, -0.15) is 0 Å². The maximum atomic E-state index is 13.2. The topological polar surface area (TPSA) is 50.4 Å². The van der Waals surface area contributed by atoms with Gasteiger partial charge in [-0.05, 0) is 42.3 Å². The molecule has 116 valence electrons. The van der Waals surface area contributed by atoms with Crippen molar-refractivity contribution >= 4 is 11.7 Å². The SMILES string of the molecule is COC(CNC(=O)Nc1cccc(C)c1)c1cccc(F)c1. The quantitative estimate of drug-likeness (QED) is 0.886. The number of carbonyl (C=O) groups excluding carboxylic acids is 1. The second-order valence-electron chi connectivity index (χ2n) is 4.98. The maximum Gasteiger partial charge on any atom is 0.319 e. The molecule has 0 spiro atoms. The van der Waals surface area contributed by atoms with Crippen LogP contribution in [0.25, 0.3) is 0 Å². The minimum absolute atomic E-state index is 0.248. The first-order valence-electron chi connectivity index (χ1n) is 6.98. The first-order valence-corrected chi connectivity index (χ1v) is 6.98. The Balaban J connectivity index is 1.91. The number of hydrogen-bond acceptors (Lipinski definition) is 2. The van der Waals surface area contributed by atoms with Crippen molar-refractivity contribution < 1.29 is 13.9 Å². The standard InChI is InChI=1S/C17H19FN2O2/c1-12-5-3-8-15(9-12)20-17(21)19-11-16(22-2)13-6-4-7-14(18)10-13/h3-10,16H,11H2,1-2H3,(H2,19,20,21). The first-order chi connectivity index (χ1) is 10.6. The number of hydrogen-bond donors (Lipinski definition) is 2. The molecule has 4 nitrogen and oxygen atoms in total. The van der Waals surface area contributed by atoms with Crippen LogP contribution < -0.4 is 10.6 Å². The summed E-state index contributed by atoms with van der Waals surface area (Å²) in [5, 5.41) is 5.47. The molecule has 0 saturated heterocycles. The molecule has 1 unspecified atom stereocenters. The van der Waals surface area contributed by atoms with Crippen LogP contribution in [0.5, 0.6) is 0 Å². The molecule has 2 aromatic rings. The minimum atomic E-state index is -0.404. The zero-order valence-corrected chi connectivity index (χ0v) is 12.6. The molecule has 2 rings (SSSR count). The summed E-state index contributed by atoms with van der Waals surface area (Å²) in [6.45, 7) is 2.20. The molecule has 0 radical (unpaired) electrons. The van der Waals surface area contributed by atoms with Gasteiger partial charge in [0.25, 0.3) is 0 Å². The average Bonchev–Trinajstić information content (AvgIpc) is 2.48. The predicted molar refractivity (Wildman–Crippen MR) is 84.4 cm³/mol. The van der Waals surface area contributed by atoms with Gasteiger partial charge in [0.2, 0.25) is 0 Å². The van der Waals surface area contributed by atoms with Gasteiger partial charge < -0.3 is 15.4 Å². The number of benzene rings is 2. The van der Waals surface area contributed by atoms with Crippen LogP contribution in [0.4, 0.5) is 14.9 Å². The summed E-state index contributed by atoms with van der Waals surface area (Å²) in [6, 6.07) is 13.3. The highest BCUT2D eigenvalue weighted by Gasteiger charge is 2.12. The van der Waals surface area contributed by atoms with Crippen LogP contribution in [0.3, 0.4) is 0 Å². The third-order valence-corrected chi connectivity index (χ3v) is 3.23. The molecule has 0 aliphatic heterocycles. The molecule has 1 atom stereocenters. The number of halogens is 1. The highest BCUT2D eigenvalue weighted by molar-refractivity contribution is 5.89. The molecule has 0 fully saturated rings. The predicted octanol–water partition coefficient (Wildman–Crippen LogP) is 3.64. The molecule has 0 heterocycles. The van der Waals surface area contributed by atoms with Crippen LogP contribution in [0, 0.1) is 12.7 Å². The molecule has 0 saturated carbocycles. The fraction of sp³-hybridized carbons (Fsp3) is 0.235. The lowest BCUT2D eigenvalue weighted by Gasteiger charge is -2.17. The summed E-state index contributed by atoms with van der Waals surface area (Å²) in [5.74, 6) is -0.330. The zero-order chi connectivity index (χ0) is 15.9. The van der Waals surface area contributed by atoms with Gasteiger partial charge in [-0.15, -0.1) is 0 Å². The van der Waals surface area contributed by atoms with Gasteiger partial charge in [0.05, 0.1) is 6.10 Å². The van der Waals surface area contributed by atoms with Gasteiger partial charge in [-0.1, -0.05) is 24.3 Å². The third kappa shape index (κ3) is 4.56. The van der Waals surface area contributed by atoms with Gasteiger partial charge in [-0.3, -0.25) is 0 Å². The largest absolute Gasteiger partial charge is 0.375 e. The van der Waals surface area contributed by atoms with E-state index >= 15 is 0 Å². The van der Waals surface area contributed by atoms with Crippen molar-refractivity contribution in [3.8, 4) is 0 Å². The molecule has 0 aromatic heterocycles. The fourth-order valence-electron chi connectivity index (χ4n) is 2.13. The number of urea groups is 1. The molecule has 0 aliphatic carbocycles. The van der Waals surface area contributed by atoms with Crippen LogP contribution in [-0.4, -0.2) is 19.7 Å². The number of rotatable bonds is 5. The summed E-state index contributed by atoms with van der Waals surface area (Å²) < 4.78 is 18.5. The molecule has 2 aromatic carbocycles. The summed E-state index contributed by atoms with van der Waals surface area (Å²) in [7, 11) is 1.52. The van der Waals surface area contributed by atoms with Crippen LogP contribution in [0.1, 0.15) is 17.2 Å². The van der Waals surface area contributed by atoms with Crippen molar-refractivity contribution in [2.24, 2.45) is 0 Å². The molecule has 0 aliphatic rings. The van der Waals surface area contributed by atoms with Crippen LogP contribution in [0.2, 0.25) is 0 Å². The molecular weight excluding hydrogens is 283 g/mol. The second kappa shape index (κ2) is 7.56. The summed E-state index contributed by atoms with van der Waals surface area (Å²) in [4.78, 5) is 11.9. The third-order valence-electron chi connectivity index (χ3n) is 3.23. The van der Waals surface area contributed by atoms with Gasteiger partial charge in [0.15, 0.2) is 0 Å². The van der Waals surface area contributed by atoms with E-state index in [1.54, 1.807) is 12.1 Å². The lowest BCUT2D eigenvalue weighted by atomic mass is 10.1. The Morgan fingerprint density at radius 3 is 2.68 bits per heavy atom. The number of carbonyl (C=O) groups is 1. The number of methoxy groups -OCH3 is 1. The average molecular weight is 302 g/mol. The Labute approximate surface area is 129 Å². The van der Waals surface area contributed by atoms with E-state index in [0.29, 0.717) is 5.56 Å². The highest BCUT2D eigenvalue weighted by atomic mass is 19.1. The van der Waals surface area contributed by atoms with Crippen LogP contribution >= 0.6 is 0 Å². The van der Waals surface area contributed by atoms with E-state index in [-0.39, 0.29) is 18.4 Å². The zero-order valence-electron chi connectivity index (χ0n) is 12.6. The van der Waals surface area contributed by atoms with Gasteiger partial charge in [0, 0.05) is 19.3 Å². The van der Waals surface area contributed by atoms with E-state index in [0.717, 1.165) is 11.3 Å². The van der Waals surface area contributed by atoms with Crippen molar-refractivity contribution in [2.45, 2.75) is 13.0 Å². The van der Waals surface area contributed by atoms with Crippen molar-refractivity contribution in [3.05, 3.63) is 65.5 Å². The van der Waals surface area contributed by atoms with Gasteiger partial charge in [0.1, 0.15) is 5.82 Å². The van der Waals surface area contributed by atoms with E-state index in [2.05, 4.69) is 10.6 Å². The number of anilines is 1. The highest BCUT2D eigenvalue weighted by Crippen LogP contribution is 2.16. The maximum absolute atomic E-state index is 13.2. The van der Waals surface area contributed by atoms with E-state index in [1.807, 2.05) is 31.2 Å². The summed E-state index contributed by atoms with van der Waals surface area (Å²) in [6.07, 6.45) is -0.404. The fourth-order valence-corrected chi connectivity index (χ4v) is 2.13. The van der Waals surface area contributed by atoms with E-state index in [9.17, 15) is 9.18 Å².